The highest BCUT2D eigenvalue weighted by Crippen LogP contribution is 2.47. The van der Waals surface area contributed by atoms with Gasteiger partial charge >= 0.3 is 0 Å². The number of rotatable bonds is 1. The number of fused-ring (bicyclic) bond motifs is 4. The fourth-order valence-electron chi connectivity index (χ4n) is 4.56. The first-order valence-corrected chi connectivity index (χ1v) is 9.50. The first-order valence-electron chi connectivity index (χ1n) is 9.09. The largest absolute Gasteiger partial charge is 0.375 e. The Hall–Kier alpha value is -2.21. The summed E-state index contributed by atoms with van der Waals surface area (Å²) in [4.78, 5) is 15.4. The second-order valence-corrected chi connectivity index (χ2v) is 8.60. The van der Waals surface area contributed by atoms with Crippen LogP contribution in [0.1, 0.15) is 50.3 Å². The van der Waals surface area contributed by atoms with E-state index >= 15 is 0 Å². The van der Waals surface area contributed by atoms with Crippen LogP contribution in [0.5, 0.6) is 0 Å². The van der Waals surface area contributed by atoms with Crippen molar-refractivity contribution in [3.05, 3.63) is 46.7 Å². The molecule has 0 amide bonds. The lowest BCUT2D eigenvalue weighted by molar-refractivity contribution is -0.118. The van der Waals surface area contributed by atoms with Gasteiger partial charge in [0.15, 0.2) is 10.9 Å². The van der Waals surface area contributed by atoms with Crippen LogP contribution in [-0.4, -0.2) is 28.1 Å². The van der Waals surface area contributed by atoms with E-state index in [1.165, 1.54) is 11.1 Å². The number of ketones is 1. The molecule has 1 atom stereocenters. The first kappa shape index (κ1) is 17.2. The van der Waals surface area contributed by atoms with Crippen molar-refractivity contribution in [3.8, 4) is 0 Å². The average Bonchev–Trinajstić information content (AvgIpc) is 2.58. The highest BCUT2D eigenvalue weighted by Gasteiger charge is 2.44. The van der Waals surface area contributed by atoms with Crippen LogP contribution in [0.3, 0.4) is 0 Å². The van der Waals surface area contributed by atoms with Crippen molar-refractivity contribution in [1.82, 2.24) is 10.3 Å². The molecule has 0 saturated carbocycles. The van der Waals surface area contributed by atoms with Gasteiger partial charge in [-0.3, -0.25) is 10.2 Å². The quantitative estimate of drug-likeness (QED) is 0.589. The van der Waals surface area contributed by atoms with E-state index in [4.69, 9.17) is 18.0 Å². The summed E-state index contributed by atoms with van der Waals surface area (Å²) in [5.41, 5.74) is 13.7. The van der Waals surface area contributed by atoms with E-state index < -0.39 is 0 Å². The molecule has 0 aromatic heterocycles. The molecule has 1 aromatic carbocycles. The van der Waals surface area contributed by atoms with Gasteiger partial charge in [0.25, 0.3) is 0 Å². The van der Waals surface area contributed by atoms with Crippen LogP contribution in [0.25, 0.3) is 0 Å². The van der Waals surface area contributed by atoms with Gasteiger partial charge in [0.2, 0.25) is 0 Å². The molecule has 5 nitrogen and oxygen atoms in total. The predicted molar refractivity (Wildman–Crippen MR) is 107 cm³/mol. The molecule has 3 N–H and O–H groups in total. The first-order chi connectivity index (χ1) is 12.4. The topological polar surface area (TPSA) is 70.7 Å². The number of nitrogens with zero attached hydrogens (tertiary/aromatic N) is 2. The van der Waals surface area contributed by atoms with Crippen molar-refractivity contribution in [2.75, 3.05) is 6.54 Å². The normalized spacial score (nSPS) is 25.5. The molecule has 26 heavy (non-hydrogen) atoms. The summed E-state index contributed by atoms with van der Waals surface area (Å²) in [5.74, 6) is 0.178. The number of thiocarbonyl (C=S) groups is 1. The molecule has 0 saturated heterocycles. The number of nitrogens with two attached hydrogens (primary N) is 1. The molecule has 2 aliphatic heterocycles. The number of nitrogens with one attached hydrogen (secondary N) is 1. The van der Waals surface area contributed by atoms with Crippen molar-refractivity contribution in [2.24, 2.45) is 16.3 Å². The molecular weight excluding hydrogens is 344 g/mol. The molecule has 3 aliphatic rings. The van der Waals surface area contributed by atoms with Crippen molar-refractivity contribution >= 4 is 28.8 Å². The Bertz CT molecular complexity index is 855. The molecule has 0 spiro atoms. The van der Waals surface area contributed by atoms with Crippen LogP contribution in [0.4, 0.5) is 0 Å². The molecule has 4 rings (SSSR count). The third-order valence-electron chi connectivity index (χ3n) is 5.59. The molecule has 6 heteroatoms. The van der Waals surface area contributed by atoms with E-state index in [2.05, 4.69) is 53.5 Å². The van der Waals surface area contributed by atoms with Gasteiger partial charge in [-0.25, -0.2) is 0 Å². The number of benzene rings is 1. The number of hydrogen-bond donors (Lipinski definition) is 2. The molecule has 2 heterocycles. The zero-order valence-corrected chi connectivity index (χ0v) is 16.0. The smallest absolute Gasteiger partial charge is 0.184 e. The van der Waals surface area contributed by atoms with Crippen LogP contribution in [-0.2, 0) is 11.2 Å². The van der Waals surface area contributed by atoms with Crippen LogP contribution < -0.4 is 11.2 Å². The van der Waals surface area contributed by atoms with Crippen LogP contribution in [0.15, 0.2) is 40.6 Å². The number of Topliss-reactive ketones (excluding diaryl/α,β-unsaturated/α-hetero) is 1. The minimum Gasteiger partial charge on any atom is -0.375 e. The number of allylic oxidation sites excluding steroid dienone is 2. The monoisotopic (exact) mass is 368 g/mol. The van der Waals surface area contributed by atoms with E-state index in [1.807, 2.05) is 0 Å². The van der Waals surface area contributed by atoms with Gasteiger partial charge in [-0.05, 0) is 41.6 Å². The van der Waals surface area contributed by atoms with Crippen LogP contribution >= 0.6 is 12.2 Å². The van der Waals surface area contributed by atoms with Gasteiger partial charge in [-0.15, -0.1) is 0 Å². The van der Waals surface area contributed by atoms with Crippen LogP contribution in [0, 0.1) is 5.41 Å². The molecule has 0 bridgehead atoms. The van der Waals surface area contributed by atoms with E-state index in [1.54, 1.807) is 0 Å². The number of carbonyl (C=O) groups excluding carboxylic acids is 1. The summed E-state index contributed by atoms with van der Waals surface area (Å²) in [6, 6.07) is 8.81. The van der Waals surface area contributed by atoms with Crippen molar-refractivity contribution in [1.29, 1.82) is 0 Å². The summed E-state index contributed by atoms with van der Waals surface area (Å²) in [6.07, 6.45) is 3.14. The fourth-order valence-corrected chi connectivity index (χ4v) is 4.61. The zero-order chi connectivity index (χ0) is 18.5. The minimum absolute atomic E-state index is 0.0313. The van der Waals surface area contributed by atoms with E-state index in [0.29, 0.717) is 12.8 Å². The van der Waals surface area contributed by atoms with E-state index in [0.717, 1.165) is 36.4 Å². The lowest BCUT2D eigenvalue weighted by Crippen LogP contribution is -2.46. The van der Waals surface area contributed by atoms with Gasteiger partial charge in [0.05, 0.1) is 17.3 Å². The highest BCUT2D eigenvalue weighted by molar-refractivity contribution is 7.80. The second-order valence-electron chi connectivity index (χ2n) is 8.16. The molecule has 1 aromatic rings. The molecule has 1 aliphatic carbocycles. The SMILES string of the molecule is CC1(C)CC(=O)C2=C(C1)N1CCc3ccccc3[C@H]1C/C2=N/NC(N)=S. The number of carbonyl (C=O) groups is 1. The lowest BCUT2D eigenvalue weighted by atomic mass is 9.71. The maximum Gasteiger partial charge on any atom is 0.184 e. The maximum atomic E-state index is 13.0. The van der Waals surface area contributed by atoms with Crippen molar-refractivity contribution in [3.63, 3.8) is 0 Å². The standard InChI is InChI=1S/C20H24N4OS/c1-20(2)10-16-18(17(25)11-20)14(22-23-19(21)26)9-15-13-6-4-3-5-12(13)7-8-24(15)16/h3-6,15H,7-11H2,1-2H3,(H3,21,23,26)/b22-14-/t15-/m1/s1. The van der Waals surface area contributed by atoms with Crippen molar-refractivity contribution < 1.29 is 4.79 Å². The van der Waals surface area contributed by atoms with E-state index in [9.17, 15) is 4.79 Å². The molecule has 0 unspecified atom stereocenters. The lowest BCUT2D eigenvalue weighted by Gasteiger charge is -2.48. The van der Waals surface area contributed by atoms with E-state index in [-0.39, 0.29) is 22.4 Å². The Morgan fingerprint density at radius 3 is 2.88 bits per heavy atom. The molecular formula is C20H24N4OS. The van der Waals surface area contributed by atoms with Gasteiger partial charge in [-0.2, -0.15) is 5.10 Å². The summed E-state index contributed by atoms with van der Waals surface area (Å²) < 4.78 is 0. The highest BCUT2D eigenvalue weighted by atomic mass is 32.1. The predicted octanol–water partition coefficient (Wildman–Crippen LogP) is 2.82. The maximum absolute atomic E-state index is 13.0. The Balaban J connectivity index is 1.84. The van der Waals surface area contributed by atoms with Crippen LogP contribution in [0.2, 0.25) is 0 Å². The van der Waals surface area contributed by atoms with Gasteiger partial charge in [0, 0.05) is 25.1 Å². The zero-order valence-electron chi connectivity index (χ0n) is 15.2. The van der Waals surface area contributed by atoms with Gasteiger partial charge in [-0.1, -0.05) is 38.1 Å². The minimum atomic E-state index is -0.0313. The Morgan fingerprint density at radius 1 is 1.35 bits per heavy atom. The molecule has 0 radical (unpaired) electrons. The number of hydrogen-bond acceptors (Lipinski definition) is 4. The third-order valence-corrected chi connectivity index (χ3v) is 5.68. The average molecular weight is 369 g/mol. The third kappa shape index (κ3) is 2.92. The summed E-state index contributed by atoms with van der Waals surface area (Å²) in [5, 5.41) is 4.54. The Kier molecular flexibility index (Phi) is 4.10. The summed E-state index contributed by atoms with van der Waals surface area (Å²) in [6.45, 7) is 5.28. The fraction of sp³-hybridized carbons (Fsp3) is 0.450. The molecule has 136 valence electrons. The summed E-state index contributed by atoms with van der Waals surface area (Å²) in [7, 11) is 0. The summed E-state index contributed by atoms with van der Waals surface area (Å²) >= 11 is 4.90. The Labute approximate surface area is 159 Å². The van der Waals surface area contributed by atoms with Crippen molar-refractivity contribution in [2.45, 2.75) is 45.6 Å². The Morgan fingerprint density at radius 2 is 2.12 bits per heavy atom. The molecule has 0 fully saturated rings. The van der Waals surface area contributed by atoms with Gasteiger partial charge in [0.1, 0.15) is 0 Å². The second kappa shape index (κ2) is 6.20. The number of hydrazone groups is 1. The van der Waals surface area contributed by atoms with Gasteiger partial charge < -0.3 is 10.6 Å².